The Bertz CT molecular complexity index is 731. The molecule has 2 heterocycles. The maximum atomic E-state index is 5.79. The molecule has 3 aromatic rings. The van der Waals surface area contributed by atoms with E-state index in [0.29, 0.717) is 11.5 Å². The second kappa shape index (κ2) is 3.76. The largest absolute Gasteiger partial charge is 0.382 e. The molecule has 0 amide bonds. The van der Waals surface area contributed by atoms with Crippen LogP contribution in [0, 0.1) is 6.92 Å². The van der Waals surface area contributed by atoms with Crippen LogP contribution >= 0.6 is 0 Å². The van der Waals surface area contributed by atoms with Crippen LogP contribution in [0.5, 0.6) is 0 Å². The Balaban J connectivity index is 2.23. The van der Waals surface area contributed by atoms with Crippen molar-refractivity contribution in [3.05, 3.63) is 30.4 Å². The lowest BCUT2D eigenvalue weighted by atomic mass is 10.1. The first-order valence-electron chi connectivity index (χ1n) is 5.53. The molecular weight excluding hydrogens is 228 g/mol. The Kier molecular flexibility index (Phi) is 2.22. The van der Waals surface area contributed by atoms with Crippen molar-refractivity contribution in [3.63, 3.8) is 0 Å². The SMILES string of the molecule is Cc1nc2cc(-c3nncnc3N)ccc2n1C. The molecule has 6 heteroatoms. The van der Waals surface area contributed by atoms with E-state index in [-0.39, 0.29) is 0 Å². The molecule has 6 nitrogen and oxygen atoms in total. The van der Waals surface area contributed by atoms with Gasteiger partial charge in [-0.1, -0.05) is 6.07 Å². The number of aromatic nitrogens is 5. The summed E-state index contributed by atoms with van der Waals surface area (Å²) in [6, 6.07) is 5.90. The van der Waals surface area contributed by atoms with Gasteiger partial charge < -0.3 is 10.3 Å². The third kappa shape index (κ3) is 1.50. The molecule has 0 saturated carbocycles. The second-order valence-corrected chi connectivity index (χ2v) is 4.12. The molecule has 0 atom stereocenters. The maximum Gasteiger partial charge on any atom is 0.153 e. The van der Waals surface area contributed by atoms with E-state index in [0.717, 1.165) is 22.4 Å². The van der Waals surface area contributed by atoms with E-state index in [4.69, 9.17) is 5.73 Å². The monoisotopic (exact) mass is 240 g/mol. The fourth-order valence-electron chi connectivity index (χ4n) is 1.96. The first kappa shape index (κ1) is 10.6. The second-order valence-electron chi connectivity index (χ2n) is 4.12. The minimum Gasteiger partial charge on any atom is -0.382 e. The first-order valence-corrected chi connectivity index (χ1v) is 5.53. The highest BCUT2D eigenvalue weighted by Gasteiger charge is 2.09. The van der Waals surface area contributed by atoms with Crippen molar-refractivity contribution in [2.24, 2.45) is 7.05 Å². The van der Waals surface area contributed by atoms with Gasteiger partial charge in [-0.05, 0) is 19.1 Å². The van der Waals surface area contributed by atoms with E-state index in [9.17, 15) is 0 Å². The molecule has 2 N–H and O–H groups in total. The zero-order chi connectivity index (χ0) is 12.7. The van der Waals surface area contributed by atoms with E-state index < -0.39 is 0 Å². The smallest absolute Gasteiger partial charge is 0.153 e. The van der Waals surface area contributed by atoms with E-state index in [1.54, 1.807) is 0 Å². The third-order valence-corrected chi connectivity index (χ3v) is 3.03. The van der Waals surface area contributed by atoms with Crippen LogP contribution < -0.4 is 5.73 Å². The molecule has 1 aromatic carbocycles. The lowest BCUT2D eigenvalue weighted by Gasteiger charge is -2.02. The summed E-state index contributed by atoms with van der Waals surface area (Å²) in [6.45, 7) is 1.97. The maximum absolute atomic E-state index is 5.79. The molecule has 0 bridgehead atoms. The zero-order valence-corrected chi connectivity index (χ0v) is 10.1. The van der Waals surface area contributed by atoms with E-state index in [2.05, 4.69) is 20.2 Å². The lowest BCUT2D eigenvalue weighted by molar-refractivity contribution is 0.886. The van der Waals surface area contributed by atoms with E-state index >= 15 is 0 Å². The summed E-state index contributed by atoms with van der Waals surface area (Å²) < 4.78 is 2.04. The Labute approximate surface area is 104 Å². The number of aryl methyl sites for hydroxylation is 2. The molecule has 0 aliphatic heterocycles. The van der Waals surface area contributed by atoms with E-state index in [1.165, 1.54) is 6.33 Å². The number of hydrogen-bond acceptors (Lipinski definition) is 5. The van der Waals surface area contributed by atoms with Gasteiger partial charge in [0.05, 0.1) is 11.0 Å². The Morgan fingerprint density at radius 2 is 2.11 bits per heavy atom. The number of nitrogens with zero attached hydrogens (tertiary/aromatic N) is 5. The number of fused-ring (bicyclic) bond motifs is 1. The molecule has 0 aliphatic carbocycles. The number of nitrogens with two attached hydrogens (primary N) is 1. The molecule has 0 spiro atoms. The molecular formula is C12H12N6. The summed E-state index contributed by atoms with van der Waals surface area (Å²) in [5.41, 5.74) is 9.24. The van der Waals surface area contributed by atoms with Crippen molar-refractivity contribution in [3.8, 4) is 11.3 Å². The van der Waals surface area contributed by atoms with Gasteiger partial charge >= 0.3 is 0 Å². The molecule has 0 unspecified atom stereocenters. The molecule has 0 aliphatic rings. The van der Waals surface area contributed by atoms with Gasteiger partial charge in [-0.15, -0.1) is 10.2 Å². The van der Waals surface area contributed by atoms with Crippen LogP contribution in [-0.4, -0.2) is 24.7 Å². The molecule has 3 rings (SSSR count). The van der Waals surface area contributed by atoms with Crippen molar-refractivity contribution in [2.45, 2.75) is 6.92 Å². The predicted molar refractivity (Wildman–Crippen MR) is 68.7 cm³/mol. The minimum absolute atomic E-state index is 0.372. The van der Waals surface area contributed by atoms with Gasteiger partial charge in [-0.25, -0.2) is 9.97 Å². The molecule has 90 valence electrons. The van der Waals surface area contributed by atoms with E-state index in [1.807, 2.05) is 36.7 Å². The number of benzene rings is 1. The highest BCUT2D eigenvalue weighted by Crippen LogP contribution is 2.25. The van der Waals surface area contributed by atoms with Crippen LogP contribution in [0.15, 0.2) is 24.5 Å². The summed E-state index contributed by atoms with van der Waals surface area (Å²) >= 11 is 0. The third-order valence-electron chi connectivity index (χ3n) is 3.03. The van der Waals surface area contributed by atoms with Gasteiger partial charge in [0.1, 0.15) is 17.8 Å². The van der Waals surface area contributed by atoms with Gasteiger partial charge in [-0.3, -0.25) is 0 Å². The molecule has 18 heavy (non-hydrogen) atoms. The highest BCUT2D eigenvalue weighted by atomic mass is 15.2. The van der Waals surface area contributed by atoms with Gasteiger partial charge in [0.2, 0.25) is 0 Å². The number of hydrogen-bond donors (Lipinski definition) is 1. The molecule has 0 saturated heterocycles. The van der Waals surface area contributed by atoms with Crippen LogP contribution in [0.4, 0.5) is 5.82 Å². The summed E-state index contributed by atoms with van der Waals surface area (Å²) in [4.78, 5) is 8.42. The fourth-order valence-corrected chi connectivity index (χ4v) is 1.96. The van der Waals surface area contributed by atoms with Crippen molar-refractivity contribution in [1.82, 2.24) is 24.7 Å². The standard InChI is InChI=1S/C12H12N6/c1-7-16-9-5-8(3-4-10(9)18(7)2)11-12(13)14-6-15-17-11/h3-6H,1-2H3,(H2,13,14,15). The summed E-state index contributed by atoms with van der Waals surface area (Å²) in [7, 11) is 1.99. The first-order chi connectivity index (χ1) is 8.66. The Hall–Kier alpha value is -2.50. The quantitative estimate of drug-likeness (QED) is 0.693. The van der Waals surface area contributed by atoms with Crippen LogP contribution in [-0.2, 0) is 7.05 Å². The number of anilines is 1. The molecule has 2 aromatic heterocycles. The van der Waals surface area contributed by atoms with Crippen LogP contribution in [0.25, 0.3) is 22.3 Å². The molecule has 0 fully saturated rings. The van der Waals surface area contributed by atoms with Crippen molar-refractivity contribution >= 4 is 16.9 Å². The topological polar surface area (TPSA) is 82.5 Å². The van der Waals surface area contributed by atoms with Gasteiger partial charge in [0.15, 0.2) is 5.82 Å². The van der Waals surface area contributed by atoms with Crippen molar-refractivity contribution in [2.75, 3.05) is 5.73 Å². The minimum atomic E-state index is 0.372. The fraction of sp³-hybridized carbons (Fsp3) is 0.167. The summed E-state index contributed by atoms with van der Waals surface area (Å²) in [6.07, 6.45) is 1.34. The van der Waals surface area contributed by atoms with Crippen molar-refractivity contribution < 1.29 is 0 Å². The predicted octanol–water partition coefficient (Wildman–Crippen LogP) is 1.32. The van der Waals surface area contributed by atoms with Crippen LogP contribution in [0.3, 0.4) is 0 Å². The highest BCUT2D eigenvalue weighted by molar-refractivity contribution is 5.83. The Morgan fingerprint density at radius 3 is 2.89 bits per heavy atom. The summed E-state index contributed by atoms with van der Waals surface area (Å²) in [5, 5.41) is 7.77. The van der Waals surface area contributed by atoms with Crippen LogP contribution in [0.1, 0.15) is 5.82 Å². The zero-order valence-electron chi connectivity index (χ0n) is 10.1. The number of imidazole rings is 1. The Morgan fingerprint density at radius 1 is 1.28 bits per heavy atom. The lowest BCUT2D eigenvalue weighted by Crippen LogP contribution is -1.98. The molecule has 0 radical (unpaired) electrons. The van der Waals surface area contributed by atoms with Gasteiger partial charge in [0.25, 0.3) is 0 Å². The number of rotatable bonds is 1. The van der Waals surface area contributed by atoms with Gasteiger partial charge in [0, 0.05) is 12.6 Å². The van der Waals surface area contributed by atoms with Crippen LogP contribution in [0.2, 0.25) is 0 Å². The normalized spacial score (nSPS) is 11.0. The van der Waals surface area contributed by atoms with Gasteiger partial charge in [-0.2, -0.15) is 0 Å². The number of nitrogen functional groups attached to an aromatic ring is 1. The summed E-state index contributed by atoms with van der Waals surface area (Å²) in [5.74, 6) is 1.34. The average molecular weight is 240 g/mol. The van der Waals surface area contributed by atoms with Crippen molar-refractivity contribution in [1.29, 1.82) is 0 Å². The average Bonchev–Trinajstić information content (AvgIpc) is 2.65.